The first-order chi connectivity index (χ1) is 11.4. The van der Waals surface area contributed by atoms with Crippen LogP contribution in [0.1, 0.15) is 24.4 Å². The van der Waals surface area contributed by atoms with Crippen LogP contribution in [0.15, 0.2) is 30.3 Å². The minimum atomic E-state index is -0.468. The van der Waals surface area contributed by atoms with Crippen molar-refractivity contribution in [3.8, 4) is 5.75 Å². The average molecular weight is 332 g/mol. The van der Waals surface area contributed by atoms with E-state index in [1.807, 2.05) is 19.9 Å². The van der Waals surface area contributed by atoms with E-state index in [1.54, 1.807) is 11.6 Å². The van der Waals surface area contributed by atoms with E-state index in [1.165, 1.54) is 24.3 Å². The number of nitrogens with zero attached hydrogens (tertiary/aromatic N) is 3. The van der Waals surface area contributed by atoms with Crippen LogP contribution < -0.4 is 10.1 Å². The number of rotatable bonds is 7. The van der Waals surface area contributed by atoms with Crippen LogP contribution in [0.25, 0.3) is 0 Å². The normalized spacial score (nSPS) is 11.8. The van der Waals surface area contributed by atoms with Gasteiger partial charge in [0.2, 0.25) is 5.91 Å². The molecule has 0 aliphatic heterocycles. The molecule has 2 aromatic rings. The lowest BCUT2D eigenvalue weighted by Crippen LogP contribution is -2.34. The van der Waals surface area contributed by atoms with Gasteiger partial charge in [0.25, 0.3) is 5.69 Å². The molecule has 0 spiro atoms. The Hall–Kier alpha value is -2.90. The first-order valence-electron chi connectivity index (χ1n) is 7.56. The second-order valence-corrected chi connectivity index (χ2v) is 5.44. The van der Waals surface area contributed by atoms with Crippen LogP contribution >= 0.6 is 0 Å². The number of nitro benzene ring substituents is 1. The molecule has 0 saturated carbocycles. The number of hydrogen-bond donors (Lipinski definition) is 1. The number of non-ortho nitro benzene ring substituents is 1. The van der Waals surface area contributed by atoms with Crippen LogP contribution in [-0.2, 0) is 4.79 Å². The Morgan fingerprint density at radius 3 is 2.58 bits per heavy atom. The molecule has 8 nitrogen and oxygen atoms in total. The molecule has 0 saturated heterocycles. The smallest absolute Gasteiger partial charge is 0.269 e. The molecule has 0 fully saturated rings. The van der Waals surface area contributed by atoms with E-state index in [-0.39, 0.29) is 18.2 Å². The minimum absolute atomic E-state index is 0.00867. The summed E-state index contributed by atoms with van der Waals surface area (Å²) in [6, 6.07) is 7.31. The number of nitro groups is 1. The van der Waals surface area contributed by atoms with Crippen molar-refractivity contribution in [2.75, 3.05) is 13.2 Å². The van der Waals surface area contributed by atoms with Gasteiger partial charge in [-0.2, -0.15) is 5.10 Å². The van der Waals surface area contributed by atoms with Gasteiger partial charge in [-0.25, -0.2) is 0 Å². The van der Waals surface area contributed by atoms with Crippen molar-refractivity contribution < 1.29 is 14.5 Å². The van der Waals surface area contributed by atoms with Gasteiger partial charge in [0.15, 0.2) is 0 Å². The number of benzene rings is 1. The highest BCUT2D eigenvalue weighted by molar-refractivity contribution is 5.79. The summed E-state index contributed by atoms with van der Waals surface area (Å²) in [5, 5.41) is 17.6. The fraction of sp³-hybridized carbons (Fsp3) is 0.375. The van der Waals surface area contributed by atoms with Gasteiger partial charge in [-0.3, -0.25) is 19.6 Å². The number of ether oxygens (including phenoxy) is 1. The fourth-order valence-corrected chi connectivity index (χ4v) is 2.30. The minimum Gasteiger partial charge on any atom is -0.492 e. The van der Waals surface area contributed by atoms with Gasteiger partial charge in [0.1, 0.15) is 18.4 Å². The quantitative estimate of drug-likeness (QED) is 0.476. The molecule has 0 aliphatic rings. The molecule has 1 aromatic heterocycles. The third-order valence-corrected chi connectivity index (χ3v) is 3.51. The second-order valence-electron chi connectivity index (χ2n) is 5.44. The SMILES string of the molecule is Cc1cc(C)n([C@@H](C)C(=O)NCCOc2ccc([N+](=O)[O-])cc2)n1. The van der Waals surface area contributed by atoms with E-state index in [4.69, 9.17) is 4.74 Å². The molecule has 1 aromatic carbocycles. The lowest BCUT2D eigenvalue weighted by atomic mass is 10.3. The highest BCUT2D eigenvalue weighted by Crippen LogP contribution is 2.17. The summed E-state index contributed by atoms with van der Waals surface area (Å²) < 4.78 is 7.13. The Morgan fingerprint density at radius 1 is 1.38 bits per heavy atom. The van der Waals surface area contributed by atoms with E-state index >= 15 is 0 Å². The summed E-state index contributed by atoms with van der Waals surface area (Å²) in [4.78, 5) is 22.2. The van der Waals surface area contributed by atoms with Crippen molar-refractivity contribution in [2.24, 2.45) is 0 Å². The molecule has 24 heavy (non-hydrogen) atoms. The van der Waals surface area contributed by atoms with Gasteiger partial charge < -0.3 is 10.1 Å². The number of aromatic nitrogens is 2. The molecule has 0 aliphatic carbocycles. The van der Waals surface area contributed by atoms with E-state index in [0.717, 1.165) is 11.4 Å². The molecule has 2 rings (SSSR count). The molecule has 1 amide bonds. The monoisotopic (exact) mass is 332 g/mol. The number of amides is 1. The molecule has 0 radical (unpaired) electrons. The fourth-order valence-electron chi connectivity index (χ4n) is 2.30. The Kier molecular flexibility index (Phi) is 5.51. The number of nitrogens with one attached hydrogen (secondary N) is 1. The third-order valence-electron chi connectivity index (χ3n) is 3.51. The van der Waals surface area contributed by atoms with Crippen LogP contribution in [0.2, 0.25) is 0 Å². The summed E-state index contributed by atoms with van der Waals surface area (Å²) in [5.41, 5.74) is 1.81. The maximum Gasteiger partial charge on any atom is 0.269 e. The number of carbonyl (C=O) groups is 1. The molecule has 0 unspecified atom stereocenters. The highest BCUT2D eigenvalue weighted by atomic mass is 16.6. The topological polar surface area (TPSA) is 99.3 Å². The van der Waals surface area contributed by atoms with Gasteiger partial charge in [-0.15, -0.1) is 0 Å². The molecule has 0 bridgehead atoms. The largest absolute Gasteiger partial charge is 0.492 e. The first-order valence-corrected chi connectivity index (χ1v) is 7.56. The van der Waals surface area contributed by atoms with Gasteiger partial charge in [-0.05, 0) is 39.0 Å². The van der Waals surface area contributed by atoms with E-state index < -0.39 is 11.0 Å². The Morgan fingerprint density at radius 2 is 2.04 bits per heavy atom. The maximum absolute atomic E-state index is 12.1. The Labute approximate surface area is 139 Å². The van der Waals surface area contributed by atoms with E-state index in [0.29, 0.717) is 12.3 Å². The van der Waals surface area contributed by atoms with Crippen molar-refractivity contribution in [3.05, 3.63) is 51.8 Å². The second kappa shape index (κ2) is 7.58. The summed E-state index contributed by atoms with van der Waals surface area (Å²) in [6.45, 7) is 6.17. The Balaban J connectivity index is 1.78. The molecule has 1 heterocycles. The van der Waals surface area contributed by atoms with Crippen molar-refractivity contribution in [3.63, 3.8) is 0 Å². The van der Waals surface area contributed by atoms with Crippen molar-refractivity contribution in [2.45, 2.75) is 26.8 Å². The van der Waals surface area contributed by atoms with Gasteiger partial charge in [0, 0.05) is 17.8 Å². The van der Waals surface area contributed by atoms with E-state index in [2.05, 4.69) is 10.4 Å². The number of aryl methyl sites for hydroxylation is 2. The number of carbonyl (C=O) groups excluding carboxylic acids is 1. The maximum atomic E-state index is 12.1. The van der Waals surface area contributed by atoms with Crippen molar-refractivity contribution >= 4 is 11.6 Å². The van der Waals surface area contributed by atoms with Crippen LogP contribution in [-0.4, -0.2) is 33.8 Å². The van der Waals surface area contributed by atoms with Crippen LogP contribution in [0.5, 0.6) is 5.75 Å². The van der Waals surface area contributed by atoms with Crippen molar-refractivity contribution in [1.82, 2.24) is 15.1 Å². The lowest BCUT2D eigenvalue weighted by molar-refractivity contribution is -0.384. The zero-order chi connectivity index (χ0) is 17.7. The number of hydrogen-bond acceptors (Lipinski definition) is 5. The standard InChI is InChI=1S/C16H20N4O4/c1-11-10-12(2)19(18-11)13(3)16(21)17-8-9-24-15-6-4-14(5-7-15)20(22)23/h4-7,10,13H,8-9H2,1-3H3,(H,17,21)/t13-/m0/s1. The molecule has 8 heteroatoms. The highest BCUT2D eigenvalue weighted by Gasteiger charge is 2.17. The zero-order valence-corrected chi connectivity index (χ0v) is 13.9. The summed E-state index contributed by atoms with van der Waals surface area (Å²) >= 11 is 0. The molecule has 1 atom stereocenters. The first kappa shape index (κ1) is 17.5. The molecule has 128 valence electrons. The summed E-state index contributed by atoms with van der Waals surface area (Å²) in [5.74, 6) is 0.370. The average Bonchev–Trinajstić information content (AvgIpc) is 2.89. The van der Waals surface area contributed by atoms with Crippen LogP contribution in [0.4, 0.5) is 5.69 Å². The molecular weight excluding hydrogens is 312 g/mol. The summed E-state index contributed by atoms with van der Waals surface area (Å²) in [7, 11) is 0. The van der Waals surface area contributed by atoms with Crippen LogP contribution in [0.3, 0.4) is 0 Å². The van der Waals surface area contributed by atoms with Gasteiger partial charge >= 0.3 is 0 Å². The lowest BCUT2D eigenvalue weighted by Gasteiger charge is -2.14. The predicted octanol–water partition coefficient (Wildman–Crippen LogP) is 2.16. The molecule has 1 N–H and O–H groups in total. The molecular formula is C16H20N4O4. The summed E-state index contributed by atoms with van der Waals surface area (Å²) in [6.07, 6.45) is 0. The third kappa shape index (κ3) is 4.31. The van der Waals surface area contributed by atoms with Gasteiger partial charge in [0.05, 0.1) is 17.2 Å². The predicted molar refractivity (Wildman–Crippen MR) is 88.0 cm³/mol. The zero-order valence-electron chi connectivity index (χ0n) is 13.9. The van der Waals surface area contributed by atoms with Crippen LogP contribution in [0, 0.1) is 24.0 Å². The van der Waals surface area contributed by atoms with Gasteiger partial charge in [-0.1, -0.05) is 0 Å². The Bertz CT molecular complexity index is 724. The van der Waals surface area contributed by atoms with E-state index in [9.17, 15) is 14.9 Å². The van der Waals surface area contributed by atoms with Crippen molar-refractivity contribution in [1.29, 1.82) is 0 Å².